The second-order valence-corrected chi connectivity index (χ2v) is 21.5. The quantitative estimate of drug-likeness (QED) is 0.166. The maximum absolute atomic E-state index is 6.73. The van der Waals surface area contributed by atoms with E-state index in [4.69, 9.17) is 23.8 Å². The molecule has 0 aliphatic heterocycles. The number of aromatic nitrogens is 5. The Balaban J connectivity index is 0.866. The van der Waals surface area contributed by atoms with E-state index in [1.165, 1.54) is 33.0 Å². The number of benzene rings is 11. The van der Waals surface area contributed by atoms with Gasteiger partial charge in [0.1, 0.15) is 22.3 Å². The number of nitrogens with zero attached hydrogens (tertiary/aromatic N) is 5. The summed E-state index contributed by atoms with van der Waals surface area (Å²) < 4.78 is 17.8. The summed E-state index contributed by atoms with van der Waals surface area (Å²) in [7, 11) is 0. The SMILES string of the molecule is CC1(C)c2ccccc2-c2cc3c4cc(-c5cccc6oc7ccc(-c8ccc9c(c8)c8cc%10c(cc8n9-c8ccccc8)oc8ccccc8%10)cc7c56)ccc4n(-c4nc(-c5ccccc5)nc(-c5ccccc5)n4)c3cc21. The average Bonchev–Trinajstić information content (AvgIpc) is 4.47. The highest BCUT2D eigenvalue weighted by molar-refractivity contribution is 6.19. The highest BCUT2D eigenvalue weighted by Crippen LogP contribution is 2.52. The summed E-state index contributed by atoms with van der Waals surface area (Å²) in [5.74, 6) is 1.80. The van der Waals surface area contributed by atoms with Crippen LogP contribution in [0.1, 0.15) is 25.0 Å². The van der Waals surface area contributed by atoms with Crippen LogP contribution in [0.4, 0.5) is 0 Å². The third-order valence-electron chi connectivity index (χ3n) is 16.8. The topological polar surface area (TPSA) is 74.8 Å². The van der Waals surface area contributed by atoms with E-state index in [0.717, 1.165) is 116 Å². The first-order valence-electron chi connectivity index (χ1n) is 26.9. The van der Waals surface area contributed by atoms with Crippen LogP contribution in [-0.2, 0) is 5.41 Å². The van der Waals surface area contributed by atoms with Crippen LogP contribution in [0.3, 0.4) is 0 Å². The lowest BCUT2D eigenvalue weighted by Crippen LogP contribution is -2.15. The first-order valence-corrected chi connectivity index (χ1v) is 26.9. The summed E-state index contributed by atoms with van der Waals surface area (Å²) in [6.45, 7) is 4.67. The lowest BCUT2D eigenvalue weighted by atomic mass is 9.82. The first-order chi connectivity index (χ1) is 38.9. The third kappa shape index (κ3) is 6.44. The van der Waals surface area contributed by atoms with E-state index in [2.05, 4.69) is 211 Å². The van der Waals surface area contributed by atoms with Gasteiger partial charge in [0.25, 0.3) is 0 Å². The van der Waals surface area contributed by atoms with Crippen LogP contribution < -0.4 is 0 Å². The van der Waals surface area contributed by atoms with E-state index in [0.29, 0.717) is 17.6 Å². The van der Waals surface area contributed by atoms with E-state index >= 15 is 0 Å². The van der Waals surface area contributed by atoms with Crippen molar-refractivity contribution >= 4 is 87.5 Å². The van der Waals surface area contributed by atoms with Crippen LogP contribution in [0.15, 0.2) is 245 Å². The molecule has 17 rings (SSSR count). The van der Waals surface area contributed by atoms with E-state index in [-0.39, 0.29) is 5.41 Å². The molecule has 11 aromatic carbocycles. The van der Waals surface area contributed by atoms with Gasteiger partial charge in [-0.05, 0) is 123 Å². The second kappa shape index (κ2) is 16.3. The van der Waals surface area contributed by atoms with Gasteiger partial charge in [-0.2, -0.15) is 9.97 Å². The monoisotopic (exact) mass is 1010 g/mol. The highest BCUT2D eigenvalue weighted by atomic mass is 16.3. The van der Waals surface area contributed by atoms with Gasteiger partial charge in [-0.25, -0.2) is 4.98 Å². The molecule has 0 saturated heterocycles. The molecule has 370 valence electrons. The molecule has 0 unspecified atom stereocenters. The number of hydrogen-bond acceptors (Lipinski definition) is 5. The molecule has 0 atom stereocenters. The molecule has 0 amide bonds. The van der Waals surface area contributed by atoms with Gasteiger partial charge >= 0.3 is 0 Å². The molecule has 0 fully saturated rings. The molecule has 5 heterocycles. The zero-order valence-electron chi connectivity index (χ0n) is 43.1. The second-order valence-electron chi connectivity index (χ2n) is 21.5. The van der Waals surface area contributed by atoms with Crippen molar-refractivity contribution < 1.29 is 8.83 Å². The summed E-state index contributed by atoms with van der Waals surface area (Å²) in [6.07, 6.45) is 0. The van der Waals surface area contributed by atoms with Gasteiger partial charge in [0.15, 0.2) is 11.6 Å². The number of fused-ring (bicyclic) bond motifs is 15. The summed E-state index contributed by atoms with van der Waals surface area (Å²) >= 11 is 0. The number of hydrogen-bond donors (Lipinski definition) is 0. The fraction of sp³-hybridized carbons (Fsp3) is 0.0417. The molecule has 5 aromatic heterocycles. The van der Waals surface area contributed by atoms with Crippen molar-refractivity contribution in [3.05, 3.63) is 248 Å². The Kier molecular flexibility index (Phi) is 9.05. The molecular weight excluding hydrogens is 967 g/mol. The summed E-state index contributed by atoms with van der Waals surface area (Å²) in [4.78, 5) is 15.7. The van der Waals surface area contributed by atoms with E-state index in [9.17, 15) is 0 Å². The van der Waals surface area contributed by atoms with Crippen LogP contribution in [0, 0.1) is 0 Å². The van der Waals surface area contributed by atoms with Crippen molar-refractivity contribution in [3.8, 4) is 67.8 Å². The number of furan rings is 2. The van der Waals surface area contributed by atoms with Gasteiger partial charge in [-0.15, -0.1) is 0 Å². The van der Waals surface area contributed by atoms with Crippen molar-refractivity contribution in [3.63, 3.8) is 0 Å². The Morgan fingerprint density at radius 1 is 0.316 bits per heavy atom. The Bertz CT molecular complexity index is 5160. The molecule has 0 radical (unpaired) electrons. The standard InChI is InChI=1S/C72H45N5O2/c1-72(2)58-26-14-12-23-49(58)51-38-54-53-37-46(30-33-61(53)77(62(54)40-59(51)72)71-74-69(42-17-6-3-7-18-42)73-70(75-71)43-19-8-4-9-20-43)48-25-16-28-66-68(48)57-36-45(31-34-65(57)78-66)44-29-32-60-52(35-44)55-39-56-50-24-13-15-27-64(50)79-67(56)41-63(55)76(60)47-21-10-5-11-22-47/h3-41H,1-2H3. The minimum Gasteiger partial charge on any atom is -0.456 e. The predicted octanol–water partition coefficient (Wildman–Crippen LogP) is 18.8. The highest BCUT2D eigenvalue weighted by Gasteiger charge is 2.36. The minimum atomic E-state index is -0.220. The maximum atomic E-state index is 6.73. The minimum absolute atomic E-state index is 0.220. The van der Waals surface area contributed by atoms with Crippen LogP contribution >= 0.6 is 0 Å². The molecule has 7 nitrogen and oxygen atoms in total. The summed E-state index contributed by atoms with van der Waals surface area (Å²) in [5, 5.41) is 8.95. The Hall–Kier alpha value is -10.4. The smallest absolute Gasteiger partial charge is 0.238 e. The molecule has 7 heteroatoms. The first kappa shape index (κ1) is 43.8. The average molecular weight is 1010 g/mol. The van der Waals surface area contributed by atoms with Crippen LogP contribution in [0.2, 0.25) is 0 Å². The number of para-hydroxylation sites is 2. The zero-order valence-corrected chi connectivity index (χ0v) is 43.1. The molecule has 0 spiro atoms. The molecule has 79 heavy (non-hydrogen) atoms. The summed E-state index contributed by atoms with van der Waals surface area (Å²) in [6, 6.07) is 84.3. The Labute approximate surface area is 452 Å². The number of rotatable bonds is 6. The fourth-order valence-electron chi connectivity index (χ4n) is 13.0. The molecular formula is C72H45N5O2. The lowest BCUT2D eigenvalue weighted by Gasteiger charge is -2.21. The van der Waals surface area contributed by atoms with E-state index in [1.807, 2.05) is 48.5 Å². The van der Waals surface area contributed by atoms with Crippen LogP contribution in [-0.4, -0.2) is 24.1 Å². The molecule has 0 saturated carbocycles. The summed E-state index contributed by atoms with van der Waals surface area (Å²) in [5.41, 5.74) is 20.0. The fourth-order valence-corrected chi connectivity index (χ4v) is 13.0. The van der Waals surface area contributed by atoms with Crippen molar-refractivity contribution in [1.82, 2.24) is 24.1 Å². The molecule has 0 bridgehead atoms. The Morgan fingerprint density at radius 3 is 1.65 bits per heavy atom. The van der Waals surface area contributed by atoms with Crippen LogP contribution in [0.5, 0.6) is 0 Å². The van der Waals surface area contributed by atoms with Crippen molar-refractivity contribution in [2.24, 2.45) is 0 Å². The van der Waals surface area contributed by atoms with Crippen LogP contribution in [0.25, 0.3) is 155 Å². The van der Waals surface area contributed by atoms with Gasteiger partial charge < -0.3 is 13.4 Å². The zero-order chi connectivity index (χ0) is 52.1. The van der Waals surface area contributed by atoms with Gasteiger partial charge in [0.05, 0.1) is 22.1 Å². The van der Waals surface area contributed by atoms with E-state index < -0.39 is 0 Å². The lowest BCUT2D eigenvalue weighted by molar-refractivity contribution is 0.661. The largest absolute Gasteiger partial charge is 0.456 e. The van der Waals surface area contributed by atoms with Gasteiger partial charge in [-0.1, -0.05) is 166 Å². The van der Waals surface area contributed by atoms with Gasteiger partial charge in [0.2, 0.25) is 5.95 Å². The van der Waals surface area contributed by atoms with Gasteiger partial charge in [-0.3, -0.25) is 4.57 Å². The molecule has 1 aliphatic carbocycles. The Morgan fingerprint density at radius 2 is 0.873 bits per heavy atom. The normalized spacial score (nSPS) is 13.0. The molecule has 1 aliphatic rings. The predicted molar refractivity (Wildman–Crippen MR) is 322 cm³/mol. The van der Waals surface area contributed by atoms with E-state index in [1.54, 1.807) is 0 Å². The molecule has 16 aromatic rings. The van der Waals surface area contributed by atoms with Crippen molar-refractivity contribution in [2.75, 3.05) is 0 Å². The molecule has 0 N–H and O–H groups in total. The maximum Gasteiger partial charge on any atom is 0.238 e. The van der Waals surface area contributed by atoms with Crippen molar-refractivity contribution in [1.29, 1.82) is 0 Å². The van der Waals surface area contributed by atoms with Crippen molar-refractivity contribution in [2.45, 2.75) is 19.3 Å². The van der Waals surface area contributed by atoms with Gasteiger partial charge in [0, 0.05) is 71.4 Å². The third-order valence-corrected chi connectivity index (χ3v) is 16.8.